The van der Waals surface area contributed by atoms with Gasteiger partial charge in [0.25, 0.3) is 0 Å². The molecule has 7 heavy (non-hydrogen) atoms. The maximum atomic E-state index is 8.82. The van der Waals surface area contributed by atoms with Crippen LogP contribution in [0.1, 0.15) is 0 Å². The summed E-state index contributed by atoms with van der Waals surface area (Å²) in [6, 6.07) is 0. The SMILES string of the molecule is N.[Mn].[O]=[Cr](=[O])([OH])[OH]. The molecule has 0 aliphatic carbocycles. The molecule has 0 bridgehead atoms. The Labute approximate surface area is 53.2 Å². The van der Waals surface area contributed by atoms with Crippen LogP contribution in [0.5, 0.6) is 0 Å². The van der Waals surface area contributed by atoms with Crippen molar-refractivity contribution in [1.29, 1.82) is 0 Å². The predicted octanol–water partition coefficient (Wildman–Crippen LogP) is -1.19. The molecule has 0 rings (SSSR count). The molecule has 0 heterocycles. The van der Waals surface area contributed by atoms with Crippen molar-refractivity contribution in [2.45, 2.75) is 0 Å². The summed E-state index contributed by atoms with van der Waals surface area (Å²) in [5.74, 6) is 0. The van der Waals surface area contributed by atoms with Crippen molar-refractivity contribution in [3.05, 3.63) is 0 Å². The van der Waals surface area contributed by atoms with E-state index in [4.69, 9.17) is 15.9 Å². The molecule has 0 saturated heterocycles. The Morgan fingerprint density at radius 2 is 1.14 bits per heavy atom. The van der Waals surface area contributed by atoms with E-state index >= 15 is 0 Å². The molecule has 0 atom stereocenters. The third kappa shape index (κ3) is 474. The van der Waals surface area contributed by atoms with Gasteiger partial charge in [-0.25, -0.2) is 0 Å². The number of hydrogen-bond acceptors (Lipinski definition) is 3. The van der Waals surface area contributed by atoms with Crippen LogP contribution in [0, 0.1) is 0 Å². The van der Waals surface area contributed by atoms with Crippen molar-refractivity contribution < 1.29 is 46.6 Å². The molecule has 47 valence electrons. The monoisotopic (exact) mass is 190 g/mol. The summed E-state index contributed by atoms with van der Waals surface area (Å²) in [4.78, 5) is 0. The molecular formula is H5CrMnNO4. The molecule has 5 nitrogen and oxygen atoms in total. The standard InChI is InChI=1S/Cr.Mn.H3N.2H2O.2O/h;;1H3;2*1H2;;/q+2;;;;;;/p-2. The Hall–Kier alpha value is 0.532. The van der Waals surface area contributed by atoms with Crippen molar-refractivity contribution in [2.24, 2.45) is 0 Å². The van der Waals surface area contributed by atoms with Crippen molar-refractivity contribution in [3.63, 3.8) is 0 Å². The zero-order valence-electron chi connectivity index (χ0n) is 3.20. The van der Waals surface area contributed by atoms with E-state index in [2.05, 4.69) is 0 Å². The first-order valence-electron chi connectivity index (χ1n) is 0.698. The van der Waals surface area contributed by atoms with E-state index < -0.39 is 13.6 Å². The molecule has 0 amide bonds. The summed E-state index contributed by atoms with van der Waals surface area (Å²) in [7, 11) is 0. The summed E-state index contributed by atoms with van der Waals surface area (Å²) >= 11 is -5.25. The summed E-state index contributed by atoms with van der Waals surface area (Å²) < 4.78 is 31.9. The second kappa shape index (κ2) is 4.69. The molecule has 5 N–H and O–H groups in total. The third-order valence-electron chi connectivity index (χ3n) is 0. The first kappa shape index (κ1) is 15.6. The van der Waals surface area contributed by atoms with Crippen LogP contribution >= 0.6 is 0 Å². The Bertz CT molecular complexity index is 94.9. The summed E-state index contributed by atoms with van der Waals surface area (Å²) in [6.07, 6.45) is 0. The molecule has 0 aliphatic heterocycles. The van der Waals surface area contributed by atoms with Gasteiger partial charge in [-0.05, 0) is 0 Å². The molecule has 0 unspecified atom stereocenters. The van der Waals surface area contributed by atoms with E-state index in [1.54, 1.807) is 0 Å². The minimum atomic E-state index is -5.25. The van der Waals surface area contributed by atoms with Crippen LogP contribution in [0.3, 0.4) is 0 Å². The van der Waals surface area contributed by atoms with E-state index in [1.807, 2.05) is 0 Å². The Morgan fingerprint density at radius 1 is 1.14 bits per heavy atom. The van der Waals surface area contributed by atoms with Crippen molar-refractivity contribution in [1.82, 2.24) is 6.15 Å². The Morgan fingerprint density at radius 3 is 1.14 bits per heavy atom. The summed E-state index contributed by atoms with van der Waals surface area (Å²) in [5, 5.41) is 0. The molecule has 0 aromatic heterocycles. The van der Waals surface area contributed by atoms with Crippen LogP contribution in [0.15, 0.2) is 0 Å². The fourth-order valence-electron chi connectivity index (χ4n) is 0. The van der Waals surface area contributed by atoms with Gasteiger partial charge in [-0.3, -0.25) is 0 Å². The fourth-order valence-corrected chi connectivity index (χ4v) is 0. The van der Waals surface area contributed by atoms with E-state index in [0.29, 0.717) is 0 Å². The quantitative estimate of drug-likeness (QED) is 0.416. The van der Waals surface area contributed by atoms with E-state index in [9.17, 15) is 0 Å². The summed E-state index contributed by atoms with van der Waals surface area (Å²) in [6.45, 7) is 0. The minimum absolute atomic E-state index is 0. The van der Waals surface area contributed by atoms with Gasteiger partial charge in [0.1, 0.15) is 0 Å². The van der Waals surface area contributed by atoms with Crippen LogP contribution < -0.4 is 6.15 Å². The van der Waals surface area contributed by atoms with Crippen LogP contribution in [0.2, 0.25) is 0 Å². The van der Waals surface area contributed by atoms with E-state index in [0.717, 1.165) is 0 Å². The van der Waals surface area contributed by atoms with Crippen molar-refractivity contribution >= 4 is 0 Å². The first-order chi connectivity index (χ1) is 2.00. The topological polar surface area (TPSA) is 110 Å². The second-order valence-corrected chi connectivity index (χ2v) is 1.85. The fraction of sp³-hybridized carbons (Fsp3) is 0. The van der Waals surface area contributed by atoms with Crippen LogP contribution in [-0.4, -0.2) is 8.32 Å². The van der Waals surface area contributed by atoms with Crippen LogP contribution in [-0.2, 0) is 38.3 Å². The van der Waals surface area contributed by atoms with Gasteiger partial charge in [0.15, 0.2) is 0 Å². The number of hydrogen-bond donors (Lipinski definition) is 3. The molecular weight excluding hydrogens is 185 g/mol. The van der Waals surface area contributed by atoms with Crippen molar-refractivity contribution in [3.8, 4) is 0 Å². The van der Waals surface area contributed by atoms with Gasteiger partial charge in [-0.1, -0.05) is 0 Å². The zero-order valence-corrected chi connectivity index (χ0v) is 5.66. The normalized spacial score (nSPS) is 8.29. The molecule has 7 heteroatoms. The Kier molecular flexibility index (Phi) is 10.5. The average Bonchev–Trinajstić information content (AvgIpc) is 0.722. The van der Waals surface area contributed by atoms with Gasteiger partial charge in [0, 0.05) is 17.1 Å². The average molecular weight is 190 g/mol. The number of rotatable bonds is 0. The molecule has 0 spiro atoms. The second-order valence-electron chi connectivity index (χ2n) is 0.448. The van der Waals surface area contributed by atoms with Gasteiger partial charge >= 0.3 is 29.5 Å². The third-order valence-corrected chi connectivity index (χ3v) is 0. The van der Waals surface area contributed by atoms with E-state index in [1.165, 1.54) is 0 Å². The maximum absolute atomic E-state index is 8.82. The van der Waals surface area contributed by atoms with Crippen molar-refractivity contribution in [2.75, 3.05) is 0 Å². The van der Waals surface area contributed by atoms with E-state index in [-0.39, 0.29) is 23.2 Å². The zero-order chi connectivity index (χ0) is 4.50. The Balaban J connectivity index is -0.0000000800. The van der Waals surface area contributed by atoms with Gasteiger partial charge < -0.3 is 6.15 Å². The van der Waals surface area contributed by atoms with Crippen LogP contribution in [0.25, 0.3) is 0 Å². The molecule has 1 radical (unpaired) electrons. The molecule has 0 aromatic rings. The molecule has 0 saturated carbocycles. The van der Waals surface area contributed by atoms with Gasteiger partial charge in [-0.15, -0.1) is 0 Å². The van der Waals surface area contributed by atoms with Gasteiger partial charge in [0.05, 0.1) is 0 Å². The molecule has 0 fully saturated rings. The first-order valence-corrected chi connectivity index (χ1v) is 2.88. The predicted molar refractivity (Wildman–Crippen MR) is 10.8 cm³/mol. The van der Waals surface area contributed by atoms with Gasteiger partial charge in [-0.2, -0.15) is 0 Å². The molecule has 0 aromatic carbocycles. The van der Waals surface area contributed by atoms with Gasteiger partial charge in [0.2, 0.25) is 0 Å². The van der Waals surface area contributed by atoms with Crippen LogP contribution in [0.4, 0.5) is 0 Å². The molecule has 0 aliphatic rings. The summed E-state index contributed by atoms with van der Waals surface area (Å²) in [5.41, 5.74) is 0.